The average Bonchev–Trinajstić information content (AvgIpc) is 2.77. The molecule has 0 aromatic carbocycles. The molecule has 0 amide bonds. The summed E-state index contributed by atoms with van der Waals surface area (Å²) in [6, 6.07) is 4.82. The third-order valence-corrected chi connectivity index (χ3v) is 4.75. The van der Waals surface area contributed by atoms with E-state index in [4.69, 9.17) is 5.73 Å². The SMILES string of the molecule is Nc1ccc(N2CCN(C3CCCCCC3)CC2)nc1. The Morgan fingerprint density at radius 3 is 2.25 bits per heavy atom. The molecule has 0 radical (unpaired) electrons. The first-order valence-corrected chi connectivity index (χ1v) is 8.03. The van der Waals surface area contributed by atoms with Gasteiger partial charge in [-0.3, -0.25) is 4.90 Å². The highest BCUT2D eigenvalue weighted by Crippen LogP contribution is 2.24. The number of hydrogen-bond donors (Lipinski definition) is 1. The Labute approximate surface area is 122 Å². The summed E-state index contributed by atoms with van der Waals surface area (Å²) < 4.78 is 0. The van der Waals surface area contributed by atoms with Crippen molar-refractivity contribution in [3.63, 3.8) is 0 Å². The highest BCUT2D eigenvalue weighted by Gasteiger charge is 2.24. The van der Waals surface area contributed by atoms with Gasteiger partial charge >= 0.3 is 0 Å². The fourth-order valence-corrected chi connectivity index (χ4v) is 3.52. The van der Waals surface area contributed by atoms with Gasteiger partial charge in [-0.15, -0.1) is 0 Å². The fourth-order valence-electron chi connectivity index (χ4n) is 3.52. The number of anilines is 2. The summed E-state index contributed by atoms with van der Waals surface area (Å²) in [5, 5.41) is 0. The van der Waals surface area contributed by atoms with Gasteiger partial charge < -0.3 is 10.6 Å². The Hall–Kier alpha value is -1.29. The minimum atomic E-state index is 0.742. The van der Waals surface area contributed by atoms with Crippen LogP contribution in [0.2, 0.25) is 0 Å². The molecular formula is C16H26N4. The molecule has 2 aliphatic rings. The number of aromatic nitrogens is 1. The fraction of sp³-hybridized carbons (Fsp3) is 0.688. The summed E-state index contributed by atoms with van der Waals surface area (Å²) in [6.07, 6.45) is 10.3. The molecule has 0 bridgehead atoms. The van der Waals surface area contributed by atoms with Gasteiger partial charge in [0.05, 0.1) is 11.9 Å². The van der Waals surface area contributed by atoms with Crippen LogP contribution in [0.15, 0.2) is 18.3 Å². The van der Waals surface area contributed by atoms with E-state index in [0.717, 1.165) is 30.6 Å². The van der Waals surface area contributed by atoms with Crippen LogP contribution in [0, 0.1) is 0 Å². The van der Waals surface area contributed by atoms with Crippen LogP contribution in [0.4, 0.5) is 11.5 Å². The van der Waals surface area contributed by atoms with E-state index < -0.39 is 0 Å². The zero-order valence-corrected chi connectivity index (χ0v) is 12.3. The van der Waals surface area contributed by atoms with Crippen molar-refractivity contribution >= 4 is 11.5 Å². The van der Waals surface area contributed by atoms with Crippen LogP contribution in [0.1, 0.15) is 38.5 Å². The van der Waals surface area contributed by atoms with Crippen molar-refractivity contribution in [2.24, 2.45) is 0 Å². The lowest BCUT2D eigenvalue weighted by Crippen LogP contribution is -2.50. The average molecular weight is 274 g/mol. The molecule has 0 spiro atoms. The summed E-state index contributed by atoms with van der Waals surface area (Å²) in [5.74, 6) is 1.07. The van der Waals surface area contributed by atoms with Gasteiger partial charge in [0.1, 0.15) is 5.82 Å². The largest absolute Gasteiger partial charge is 0.397 e. The number of hydrogen-bond acceptors (Lipinski definition) is 4. The second-order valence-corrected chi connectivity index (χ2v) is 6.12. The molecule has 1 saturated carbocycles. The topological polar surface area (TPSA) is 45.4 Å². The van der Waals surface area contributed by atoms with Gasteiger partial charge in [-0.1, -0.05) is 25.7 Å². The van der Waals surface area contributed by atoms with Crippen molar-refractivity contribution < 1.29 is 0 Å². The first kappa shape index (κ1) is 13.7. The van der Waals surface area contributed by atoms with Crippen LogP contribution >= 0.6 is 0 Å². The van der Waals surface area contributed by atoms with Crippen molar-refractivity contribution in [3.8, 4) is 0 Å². The van der Waals surface area contributed by atoms with Crippen LogP contribution in [0.5, 0.6) is 0 Å². The number of nitrogen functional groups attached to an aromatic ring is 1. The molecule has 4 nitrogen and oxygen atoms in total. The van der Waals surface area contributed by atoms with Crippen LogP contribution in [0.25, 0.3) is 0 Å². The van der Waals surface area contributed by atoms with Crippen molar-refractivity contribution in [1.82, 2.24) is 9.88 Å². The summed E-state index contributed by atoms with van der Waals surface area (Å²) >= 11 is 0. The minimum Gasteiger partial charge on any atom is -0.397 e. The van der Waals surface area contributed by atoms with E-state index in [2.05, 4.69) is 14.8 Å². The van der Waals surface area contributed by atoms with E-state index in [9.17, 15) is 0 Å². The molecule has 110 valence electrons. The van der Waals surface area contributed by atoms with Crippen molar-refractivity contribution in [2.45, 2.75) is 44.6 Å². The molecular weight excluding hydrogens is 248 g/mol. The van der Waals surface area contributed by atoms with E-state index in [1.807, 2.05) is 12.1 Å². The van der Waals surface area contributed by atoms with Crippen LogP contribution in [0.3, 0.4) is 0 Å². The monoisotopic (exact) mass is 274 g/mol. The van der Waals surface area contributed by atoms with Gasteiger partial charge in [-0.2, -0.15) is 0 Å². The standard InChI is InChI=1S/C16H26N4/c17-14-7-8-16(18-13-14)20-11-9-19(10-12-20)15-5-3-1-2-4-6-15/h7-8,13,15H,1-6,9-12,17H2. The van der Waals surface area contributed by atoms with Crippen LogP contribution in [-0.2, 0) is 0 Å². The highest BCUT2D eigenvalue weighted by molar-refractivity contribution is 5.46. The summed E-state index contributed by atoms with van der Waals surface area (Å²) in [5.41, 5.74) is 6.44. The minimum absolute atomic E-state index is 0.742. The van der Waals surface area contributed by atoms with Crippen LogP contribution < -0.4 is 10.6 Å². The molecule has 2 N–H and O–H groups in total. The first-order chi connectivity index (χ1) is 9.83. The Balaban J connectivity index is 1.54. The zero-order chi connectivity index (χ0) is 13.8. The number of nitrogens with zero attached hydrogens (tertiary/aromatic N) is 3. The smallest absolute Gasteiger partial charge is 0.128 e. The maximum Gasteiger partial charge on any atom is 0.128 e. The molecule has 1 aromatic rings. The second kappa shape index (κ2) is 6.44. The molecule has 0 unspecified atom stereocenters. The van der Waals surface area contributed by atoms with E-state index in [1.54, 1.807) is 6.20 Å². The predicted molar refractivity (Wildman–Crippen MR) is 83.9 cm³/mol. The third-order valence-electron chi connectivity index (χ3n) is 4.75. The lowest BCUT2D eigenvalue weighted by atomic mass is 10.1. The predicted octanol–water partition coefficient (Wildman–Crippen LogP) is 2.51. The zero-order valence-electron chi connectivity index (χ0n) is 12.3. The molecule has 1 aliphatic carbocycles. The molecule has 1 aromatic heterocycles. The molecule has 2 fully saturated rings. The van der Waals surface area contributed by atoms with E-state index in [0.29, 0.717) is 0 Å². The van der Waals surface area contributed by atoms with E-state index in [1.165, 1.54) is 51.6 Å². The summed E-state index contributed by atoms with van der Waals surface area (Å²) in [4.78, 5) is 9.53. The van der Waals surface area contributed by atoms with E-state index in [-0.39, 0.29) is 0 Å². The van der Waals surface area contributed by atoms with Gasteiger partial charge in [0, 0.05) is 32.2 Å². The summed E-state index contributed by atoms with van der Waals surface area (Å²) in [6.45, 7) is 4.54. The van der Waals surface area contributed by atoms with Gasteiger partial charge in [0.25, 0.3) is 0 Å². The van der Waals surface area contributed by atoms with Crippen molar-refractivity contribution in [1.29, 1.82) is 0 Å². The maximum atomic E-state index is 5.70. The molecule has 1 aliphatic heterocycles. The Kier molecular flexibility index (Phi) is 4.41. The Bertz CT molecular complexity index is 401. The van der Waals surface area contributed by atoms with Gasteiger partial charge in [0.15, 0.2) is 0 Å². The molecule has 20 heavy (non-hydrogen) atoms. The van der Waals surface area contributed by atoms with Crippen molar-refractivity contribution in [3.05, 3.63) is 18.3 Å². The van der Waals surface area contributed by atoms with Gasteiger partial charge in [-0.05, 0) is 25.0 Å². The van der Waals surface area contributed by atoms with Gasteiger partial charge in [-0.25, -0.2) is 4.98 Å². The molecule has 0 atom stereocenters. The second-order valence-electron chi connectivity index (χ2n) is 6.12. The number of nitrogens with two attached hydrogens (primary N) is 1. The van der Waals surface area contributed by atoms with Crippen molar-refractivity contribution in [2.75, 3.05) is 36.8 Å². The van der Waals surface area contributed by atoms with E-state index >= 15 is 0 Å². The summed E-state index contributed by atoms with van der Waals surface area (Å²) in [7, 11) is 0. The van der Waals surface area contributed by atoms with Gasteiger partial charge in [0.2, 0.25) is 0 Å². The number of rotatable bonds is 2. The van der Waals surface area contributed by atoms with Crippen LogP contribution in [-0.4, -0.2) is 42.1 Å². The Morgan fingerprint density at radius 2 is 1.65 bits per heavy atom. The maximum absolute atomic E-state index is 5.70. The third kappa shape index (κ3) is 3.23. The molecule has 3 rings (SSSR count). The molecule has 2 heterocycles. The number of pyridine rings is 1. The molecule has 1 saturated heterocycles. The number of piperazine rings is 1. The highest BCUT2D eigenvalue weighted by atomic mass is 15.3. The lowest BCUT2D eigenvalue weighted by Gasteiger charge is -2.39. The normalized spacial score (nSPS) is 22.7. The quantitative estimate of drug-likeness (QED) is 0.842. The lowest BCUT2D eigenvalue weighted by molar-refractivity contribution is 0.169. The first-order valence-electron chi connectivity index (χ1n) is 8.03. The Morgan fingerprint density at radius 1 is 0.950 bits per heavy atom. The molecule has 4 heteroatoms.